The fraction of sp³-hybridized carbons (Fsp3) is 0. The third-order valence-corrected chi connectivity index (χ3v) is 8.38. The standard InChI is InChI=1S/C18H14BNO2.C18H12BrN.FH/c21-19(22)15-9-3-6-12-18(15)20-16-10-4-1-7-13(16)14-8-2-5-11-17(14)20;19-15-9-3-6-12-18(15)20-16-10-4-1-7-13(16)14-8-2-5-11-17(14)20;/h1-12,21-22H;1-12H;1H. The highest BCUT2D eigenvalue weighted by Gasteiger charge is 2.19. The lowest BCUT2D eigenvalue weighted by atomic mass is 9.79. The molecule has 43 heavy (non-hydrogen) atoms. The molecule has 0 unspecified atom stereocenters. The molecule has 0 aliphatic heterocycles. The van der Waals surface area contributed by atoms with Crippen LogP contribution in [0.25, 0.3) is 55.0 Å². The molecule has 6 aromatic carbocycles. The topological polar surface area (TPSA) is 50.3 Å². The fourth-order valence-electron chi connectivity index (χ4n) is 5.91. The average Bonchev–Trinajstić information content (AvgIpc) is 3.55. The van der Waals surface area contributed by atoms with Crippen molar-refractivity contribution in [3.63, 3.8) is 0 Å². The quantitative estimate of drug-likeness (QED) is 0.194. The first kappa shape index (κ1) is 28.4. The summed E-state index contributed by atoms with van der Waals surface area (Å²) in [6.45, 7) is 0. The number of hydrogen-bond donors (Lipinski definition) is 2. The van der Waals surface area contributed by atoms with Crippen LogP contribution in [0.2, 0.25) is 0 Å². The molecule has 4 nitrogen and oxygen atoms in total. The molecule has 2 aromatic heterocycles. The van der Waals surface area contributed by atoms with Crippen molar-refractivity contribution in [1.29, 1.82) is 0 Å². The smallest absolute Gasteiger partial charge is 0.423 e. The second kappa shape index (κ2) is 11.9. The zero-order valence-electron chi connectivity index (χ0n) is 23.0. The van der Waals surface area contributed by atoms with Crippen molar-refractivity contribution in [1.82, 2.24) is 9.13 Å². The number of aromatic nitrogens is 2. The van der Waals surface area contributed by atoms with Crippen molar-refractivity contribution in [2.75, 3.05) is 0 Å². The van der Waals surface area contributed by atoms with E-state index in [2.05, 4.69) is 116 Å². The van der Waals surface area contributed by atoms with Crippen molar-refractivity contribution in [3.05, 3.63) is 150 Å². The summed E-state index contributed by atoms with van der Waals surface area (Å²) in [6, 6.07) is 49.1. The second-order valence-electron chi connectivity index (χ2n) is 10.1. The van der Waals surface area contributed by atoms with Crippen LogP contribution in [0, 0.1) is 0 Å². The number of nitrogens with zero attached hydrogens (tertiary/aromatic N) is 2. The Morgan fingerprint density at radius 1 is 0.419 bits per heavy atom. The number of halogens is 2. The largest absolute Gasteiger partial charge is 0.490 e. The lowest BCUT2D eigenvalue weighted by molar-refractivity contribution is 0.425. The normalized spacial score (nSPS) is 11.0. The lowest BCUT2D eigenvalue weighted by Gasteiger charge is -2.12. The second-order valence-corrected chi connectivity index (χ2v) is 11.0. The van der Waals surface area contributed by atoms with E-state index in [1.807, 2.05) is 48.5 Å². The summed E-state index contributed by atoms with van der Waals surface area (Å²) in [5.74, 6) is 0. The van der Waals surface area contributed by atoms with Crippen molar-refractivity contribution < 1.29 is 14.8 Å². The minimum atomic E-state index is -1.50. The molecule has 0 aliphatic carbocycles. The SMILES string of the molecule is Brc1ccccc1-n1c2ccccc2c2ccccc21.F.OB(O)c1ccccc1-n1c2ccccc2c2ccccc21. The van der Waals surface area contributed by atoms with Gasteiger partial charge in [-0.05, 0) is 58.4 Å². The van der Waals surface area contributed by atoms with Gasteiger partial charge in [0.25, 0.3) is 0 Å². The molecule has 2 heterocycles. The molecule has 0 aliphatic rings. The Bertz CT molecular complexity index is 2120. The molecule has 0 spiro atoms. The van der Waals surface area contributed by atoms with E-state index in [1.165, 1.54) is 27.5 Å². The maximum absolute atomic E-state index is 9.69. The Morgan fingerprint density at radius 2 is 0.744 bits per heavy atom. The number of hydrogen-bond acceptors (Lipinski definition) is 2. The number of fused-ring (bicyclic) bond motifs is 6. The minimum Gasteiger partial charge on any atom is -0.423 e. The number of para-hydroxylation sites is 6. The minimum absolute atomic E-state index is 0. The van der Waals surface area contributed by atoms with Crippen molar-refractivity contribution in [3.8, 4) is 11.4 Å². The summed E-state index contributed by atoms with van der Waals surface area (Å²) >= 11 is 3.67. The van der Waals surface area contributed by atoms with E-state index in [1.54, 1.807) is 6.07 Å². The molecule has 0 fully saturated rings. The van der Waals surface area contributed by atoms with Crippen LogP contribution in [0.1, 0.15) is 0 Å². The summed E-state index contributed by atoms with van der Waals surface area (Å²) in [5.41, 5.74) is 7.03. The zero-order chi connectivity index (χ0) is 28.6. The van der Waals surface area contributed by atoms with Gasteiger partial charge in [0.15, 0.2) is 0 Å². The predicted molar refractivity (Wildman–Crippen MR) is 182 cm³/mol. The van der Waals surface area contributed by atoms with Gasteiger partial charge in [-0.1, -0.05) is 103 Å². The Hall–Kier alpha value is -4.69. The Morgan fingerprint density at radius 3 is 1.16 bits per heavy atom. The van der Waals surface area contributed by atoms with Gasteiger partial charge < -0.3 is 19.2 Å². The van der Waals surface area contributed by atoms with Gasteiger partial charge >= 0.3 is 7.12 Å². The van der Waals surface area contributed by atoms with E-state index in [4.69, 9.17) is 0 Å². The van der Waals surface area contributed by atoms with Gasteiger partial charge in [-0.3, -0.25) is 4.70 Å². The summed E-state index contributed by atoms with van der Waals surface area (Å²) in [6.07, 6.45) is 0. The van der Waals surface area contributed by atoms with Crippen LogP contribution in [0.5, 0.6) is 0 Å². The van der Waals surface area contributed by atoms with Crippen molar-refractivity contribution in [2.24, 2.45) is 0 Å². The molecule has 8 aromatic rings. The van der Waals surface area contributed by atoms with E-state index in [0.29, 0.717) is 5.46 Å². The molecule has 0 saturated carbocycles. The van der Waals surface area contributed by atoms with Crippen LogP contribution < -0.4 is 5.46 Å². The Kier molecular flexibility index (Phi) is 7.87. The van der Waals surface area contributed by atoms with Crippen LogP contribution in [-0.2, 0) is 0 Å². The van der Waals surface area contributed by atoms with Crippen LogP contribution in [-0.4, -0.2) is 26.3 Å². The number of benzene rings is 6. The van der Waals surface area contributed by atoms with Crippen LogP contribution in [0.3, 0.4) is 0 Å². The molecule has 0 saturated heterocycles. The summed E-state index contributed by atoms with van der Waals surface area (Å²) in [7, 11) is -1.50. The van der Waals surface area contributed by atoms with Crippen LogP contribution in [0.4, 0.5) is 4.70 Å². The van der Waals surface area contributed by atoms with Crippen LogP contribution in [0.15, 0.2) is 150 Å². The Labute approximate surface area is 256 Å². The van der Waals surface area contributed by atoms with E-state index in [9.17, 15) is 10.0 Å². The number of rotatable bonds is 3. The van der Waals surface area contributed by atoms with E-state index in [-0.39, 0.29) is 4.70 Å². The van der Waals surface area contributed by atoms with Gasteiger partial charge in [0.2, 0.25) is 0 Å². The maximum atomic E-state index is 9.69. The van der Waals surface area contributed by atoms with Crippen molar-refractivity contribution >= 4 is 72.1 Å². The van der Waals surface area contributed by atoms with Gasteiger partial charge in [-0.15, -0.1) is 0 Å². The highest BCUT2D eigenvalue weighted by molar-refractivity contribution is 9.10. The van der Waals surface area contributed by atoms with Gasteiger partial charge in [0.1, 0.15) is 0 Å². The summed E-state index contributed by atoms with van der Waals surface area (Å²) < 4.78 is 5.50. The first-order valence-corrected chi connectivity index (χ1v) is 14.6. The van der Waals surface area contributed by atoms with Gasteiger partial charge in [0, 0.05) is 37.2 Å². The molecule has 8 rings (SSSR count). The molecular formula is C36H27BBrFN2O2. The maximum Gasteiger partial charge on any atom is 0.490 e. The molecule has 7 heteroatoms. The monoisotopic (exact) mass is 628 g/mol. The zero-order valence-corrected chi connectivity index (χ0v) is 24.6. The fourth-order valence-corrected chi connectivity index (χ4v) is 6.37. The van der Waals surface area contributed by atoms with Crippen LogP contribution >= 0.6 is 15.9 Å². The third-order valence-electron chi connectivity index (χ3n) is 7.71. The third kappa shape index (κ3) is 4.91. The first-order chi connectivity index (χ1) is 20.6. The highest BCUT2D eigenvalue weighted by atomic mass is 79.9. The Balaban J connectivity index is 0.000000150. The summed E-state index contributed by atoms with van der Waals surface area (Å²) in [4.78, 5) is 0. The van der Waals surface area contributed by atoms with Crippen molar-refractivity contribution in [2.45, 2.75) is 0 Å². The molecular weight excluding hydrogens is 602 g/mol. The highest BCUT2D eigenvalue weighted by Crippen LogP contribution is 2.34. The molecule has 0 amide bonds. The van der Waals surface area contributed by atoms with E-state index >= 15 is 0 Å². The van der Waals surface area contributed by atoms with E-state index in [0.717, 1.165) is 32.0 Å². The predicted octanol–water partition coefficient (Wildman–Crippen LogP) is 8.16. The molecule has 0 bridgehead atoms. The van der Waals surface area contributed by atoms with Gasteiger partial charge in [0.05, 0.1) is 27.8 Å². The van der Waals surface area contributed by atoms with E-state index < -0.39 is 7.12 Å². The molecule has 0 atom stereocenters. The van der Waals surface area contributed by atoms with Gasteiger partial charge in [-0.25, -0.2) is 0 Å². The van der Waals surface area contributed by atoms with Gasteiger partial charge in [-0.2, -0.15) is 0 Å². The molecule has 210 valence electrons. The molecule has 0 radical (unpaired) electrons. The first-order valence-electron chi connectivity index (χ1n) is 13.8. The summed E-state index contributed by atoms with van der Waals surface area (Å²) in [5, 5.41) is 24.3. The molecule has 2 N–H and O–H groups in total. The average molecular weight is 629 g/mol. The lowest BCUT2D eigenvalue weighted by Crippen LogP contribution is -2.33.